The molecule has 1 aromatic heterocycles. The van der Waals surface area contributed by atoms with E-state index >= 15 is 0 Å². The first-order valence-corrected chi connectivity index (χ1v) is 12.1. The van der Waals surface area contributed by atoms with E-state index in [4.69, 9.17) is 18.6 Å². The Morgan fingerprint density at radius 1 is 1.09 bits per heavy atom. The lowest BCUT2D eigenvalue weighted by atomic mass is 9.73. The lowest BCUT2D eigenvalue weighted by Gasteiger charge is -2.35. The Kier molecular flexibility index (Phi) is 7.34. The molecule has 2 heterocycles. The molecule has 35 heavy (non-hydrogen) atoms. The molecule has 1 aromatic carbocycles. The number of benzene rings is 1. The topological polar surface area (TPSA) is 87.0 Å². The molecule has 1 aliphatic carbocycles. The number of hydrogen-bond acceptors (Lipinski definition) is 7. The van der Waals surface area contributed by atoms with Gasteiger partial charge in [0, 0.05) is 23.4 Å². The van der Waals surface area contributed by atoms with Crippen LogP contribution in [-0.4, -0.2) is 32.6 Å². The molecule has 0 fully saturated rings. The fraction of sp³-hybridized carbons (Fsp3) is 0.429. The average Bonchev–Trinajstić information content (AvgIpc) is 3.28. The van der Waals surface area contributed by atoms with Gasteiger partial charge in [0.2, 0.25) is 0 Å². The lowest BCUT2D eigenvalue weighted by molar-refractivity contribution is -0.139. The Labute approximate surface area is 206 Å². The number of carbonyl (C=O) groups excluding carboxylic acids is 2. The van der Waals surface area contributed by atoms with Crippen molar-refractivity contribution < 1.29 is 28.2 Å². The molecule has 4 rings (SSSR count). The number of aryl methyl sites for hydroxylation is 1. The Morgan fingerprint density at radius 3 is 2.51 bits per heavy atom. The summed E-state index contributed by atoms with van der Waals surface area (Å²) < 4.78 is 22.3. The third kappa shape index (κ3) is 4.85. The quantitative estimate of drug-likeness (QED) is 0.405. The van der Waals surface area contributed by atoms with Gasteiger partial charge in [-0.05, 0) is 62.4 Å². The predicted octanol–water partition coefficient (Wildman–Crippen LogP) is 5.31. The second-order valence-electron chi connectivity index (χ2n) is 9.07. The zero-order valence-corrected chi connectivity index (χ0v) is 21.0. The van der Waals surface area contributed by atoms with Crippen molar-refractivity contribution in [2.24, 2.45) is 0 Å². The minimum Gasteiger partial charge on any atom is -0.493 e. The van der Waals surface area contributed by atoms with E-state index in [1.165, 1.54) is 0 Å². The van der Waals surface area contributed by atoms with Crippen LogP contribution in [0.15, 0.2) is 57.3 Å². The zero-order chi connectivity index (χ0) is 25.1. The number of rotatable bonds is 8. The van der Waals surface area contributed by atoms with Gasteiger partial charge >= 0.3 is 5.97 Å². The van der Waals surface area contributed by atoms with Crippen LogP contribution in [0.5, 0.6) is 11.5 Å². The van der Waals surface area contributed by atoms with Gasteiger partial charge in [0.1, 0.15) is 11.5 Å². The molecule has 7 heteroatoms. The van der Waals surface area contributed by atoms with Crippen LogP contribution in [0.1, 0.15) is 68.5 Å². The van der Waals surface area contributed by atoms with Gasteiger partial charge in [-0.15, -0.1) is 0 Å². The van der Waals surface area contributed by atoms with Gasteiger partial charge in [0.15, 0.2) is 17.3 Å². The maximum Gasteiger partial charge on any atom is 0.336 e. The maximum absolute atomic E-state index is 13.6. The number of hydrogen-bond donors (Lipinski definition) is 1. The van der Waals surface area contributed by atoms with Gasteiger partial charge in [0.05, 0.1) is 32.3 Å². The first-order chi connectivity index (χ1) is 16.9. The molecule has 186 valence electrons. The summed E-state index contributed by atoms with van der Waals surface area (Å²) in [4.78, 5) is 26.8. The van der Waals surface area contributed by atoms with Crippen LogP contribution in [0.4, 0.5) is 0 Å². The largest absolute Gasteiger partial charge is 0.493 e. The smallest absolute Gasteiger partial charge is 0.336 e. The number of nitrogens with one attached hydrogen (secondary N) is 1. The number of dihydropyridines is 1. The number of furan rings is 1. The van der Waals surface area contributed by atoms with Crippen molar-refractivity contribution in [1.82, 2.24) is 5.32 Å². The molecule has 0 saturated carbocycles. The molecule has 1 N–H and O–H groups in total. The zero-order valence-electron chi connectivity index (χ0n) is 21.0. The summed E-state index contributed by atoms with van der Waals surface area (Å²) in [5.74, 6) is 1.54. The van der Waals surface area contributed by atoms with Gasteiger partial charge < -0.3 is 23.9 Å². The number of ether oxygens (including phenoxy) is 3. The summed E-state index contributed by atoms with van der Waals surface area (Å²) in [6, 6.07) is 9.46. The predicted molar refractivity (Wildman–Crippen MR) is 131 cm³/mol. The number of allylic oxidation sites excluding steroid dienone is 3. The van der Waals surface area contributed by atoms with Crippen LogP contribution < -0.4 is 14.8 Å². The normalized spacial score (nSPS) is 19.9. The molecule has 1 aliphatic heterocycles. The van der Waals surface area contributed by atoms with E-state index in [0.717, 1.165) is 29.9 Å². The Hall–Kier alpha value is -3.48. The number of ketones is 1. The van der Waals surface area contributed by atoms with E-state index < -0.39 is 11.9 Å². The molecular formula is C28H33NO6. The summed E-state index contributed by atoms with van der Waals surface area (Å²) in [5.41, 5.74) is 3.53. The van der Waals surface area contributed by atoms with Gasteiger partial charge in [0.25, 0.3) is 0 Å². The third-order valence-corrected chi connectivity index (χ3v) is 6.70. The molecular weight excluding hydrogens is 446 g/mol. The molecule has 0 saturated heterocycles. The highest BCUT2D eigenvalue weighted by molar-refractivity contribution is 6.04. The van der Waals surface area contributed by atoms with Crippen molar-refractivity contribution in [1.29, 1.82) is 0 Å². The number of Topliss-reactive ketones (excluding diaryl/α,β-unsaturated/α-hetero) is 1. The van der Waals surface area contributed by atoms with Crippen LogP contribution in [0.2, 0.25) is 0 Å². The summed E-state index contributed by atoms with van der Waals surface area (Å²) in [6.07, 6.45) is 2.66. The number of carbonyl (C=O) groups is 2. The molecule has 0 bridgehead atoms. The van der Waals surface area contributed by atoms with Crippen LogP contribution >= 0.6 is 0 Å². The average molecular weight is 480 g/mol. The molecule has 2 atom stereocenters. The van der Waals surface area contributed by atoms with E-state index in [-0.39, 0.29) is 11.7 Å². The molecule has 2 aromatic rings. The summed E-state index contributed by atoms with van der Waals surface area (Å²) >= 11 is 0. The van der Waals surface area contributed by atoms with E-state index in [0.29, 0.717) is 53.6 Å². The third-order valence-electron chi connectivity index (χ3n) is 6.70. The molecule has 2 aliphatic rings. The number of esters is 1. The van der Waals surface area contributed by atoms with Crippen molar-refractivity contribution in [3.05, 3.63) is 70.0 Å². The van der Waals surface area contributed by atoms with Crippen molar-refractivity contribution in [3.63, 3.8) is 0 Å². The maximum atomic E-state index is 13.6. The Balaban J connectivity index is 1.71. The SMILES string of the molecule is CCCCOC(=O)C1=C(C)NC2=C(C(=O)C[C@@H](c3ccc(OC)c(OC)c3)C2)[C@@H]1c1ccc(C)o1. The Bertz CT molecular complexity index is 1190. The highest BCUT2D eigenvalue weighted by atomic mass is 16.5. The van der Waals surface area contributed by atoms with Crippen LogP contribution in [-0.2, 0) is 14.3 Å². The van der Waals surface area contributed by atoms with Crippen molar-refractivity contribution in [2.45, 2.75) is 58.3 Å². The van der Waals surface area contributed by atoms with Crippen molar-refractivity contribution in [2.75, 3.05) is 20.8 Å². The summed E-state index contributed by atoms with van der Waals surface area (Å²) in [5, 5.41) is 3.37. The van der Waals surface area contributed by atoms with Crippen LogP contribution in [0.3, 0.4) is 0 Å². The first-order valence-electron chi connectivity index (χ1n) is 12.1. The van der Waals surface area contributed by atoms with Crippen molar-refractivity contribution >= 4 is 11.8 Å². The van der Waals surface area contributed by atoms with Gasteiger partial charge in [-0.3, -0.25) is 4.79 Å². The highest BCUT2D eigenvalue weighted by Crippen LogP contribution is 2.46. The van der Waals surface area contributed by atoms with E-state index in [1.54, 1.807) is 14.2 Å². The second kappa shape index (κ2) is 10.4. The van der Waals surface area contributed by atoms with E-state index in [1.807, 2.05) is 51.1 Å². The monoisotopic (exact) mass is 479 g/mol. The molecule has 0 spiro atoms. The lowest BCUT2D eigenvalue weighted by Crippen LogP contribution is -2.36. The number of methoxy groups -OCH3 is 2. The van der Waals surface area contributed by atoms with Gasteiger partial charge in [-0.1, -0.05) is 19.4 Å². The Morgan fingerprint density at radius 2 is 1.86 bits per heavy atom. The fourth-order valence-electron chi connectivity index (χ4n) is 4.93. The molecule has 0 amide bonds. The highest BCUT2D eigenvalue weighted by Gasteiger charge is 2.42. The second-order valence-corrected chi connectivity index (χ2v) is 9.07. The minimum absolute atomic E-state index is 0.0102. The number of unbranched alkanes of at least 4 members (excludes halogenated alkanes) is 1. The fourth-order valence-corrected chi connectivity index (χ4v) is 4.93. The summed E-state index contributed by atoms with van der Waals surface area (Å²) in [6.45, 7) is 6.09. The van der Waals surface area contributed by atoms with Gasteiger partial charge in [-0.2, -0.15) is 0 Å². The molecule has 0 unspecified atom stereocenters. The van der Waals surface area contributed by atoms with Crippen molar-refractivity contribution in [3.8, 4) is 11.5 Å². The van der Waals surface area contributed by atoms with Crippen LogP contribution in [0.25, 0.3) is 0 Å². The molecule has 0 radical (unpaired) electrons. The minimum atomic E-state index is -0.590. The summed E-state index contributed by atoms with van der Waals surface area (Å²) in [7, 11) is 3.20. The standard InChI is InChI=1S/C28H33NO6/c1-6-7-12-34-28(31)25-17(3)29-20-13-19(18-9-11-22(32-4)24(15-18)33-5)14-21(30)26(20)27(25)23-10-8-16(2)35-23/h8-11,15,19,27,29H,6-7,12-14H2,1-5H3/t19-,27+/m0/s1. The van der Waals surface area contributed by atoms with E-state index in [2.05, 4.69) is 5.32 Å². The van der Waals surface area contributed by atoms with Crippen LogP contribution in [0, 0.1) is 6.92 Å². The van der Waals surface area contributed by atoms with Gasteiger partial charge in [-0.25, -0.2) is 4.79 Å². The van der Waals surface area contributed by atoms with E-state index in [9.17, 15) is 9.59 Å². The first kappa shape index (κ1) is 24.6. The molecule has 7 nitrogen and oxygen atoms in total.